The Morgan fingerprint density at radius 3 is 3.00 bits per heavy atom. The summed E-state index contributed by atoms with van der Waals surface area (Å²) >= 11 is 0. The molecular formula is C6H10O2. The zero-order valence-corrected chi connectivity index (χ0v) is 4.96. The Morgan fingerprint density at radius 1 is 1.88 bits per heavy atom. The SMILES string of the molecule is C=COC1OC1CC. The average molecular weight is 114 g/mol. The van der Waals surface area contributed by atoms with Crippen molar-refractivity contribution in [3.63, 3.8) is 0 Å². The monoisotopic (exact) mass is 114 g/mol. The number of rotatable bonds is 3. The van der Waals surface area contributed by atoms with Crippen molar-refractivity contribution in [3.8, 4) is 0 Å². The lowest BCUT2D eigenvalue weighted by Crippen LogP contribution is -1.91. The predicted octanol–water partition coefficient (Wildman–Crippen LogP) is 1.28. The summed E-state index contributed by atoms with van der Waals surface area (Å²) in [4.78, 5) is 0. The van der Waals surface area contributed by atoms with Crippen LogP contribution in [0.1, 0.15) is 13.3 Å². The summed E-state index contributed by atoms with van der Waals surface area (Å²) in [5.74, 6) is 0. The van der Waals surface area contributed by atoms with E-state index in [1.54, 1.807) is 0 Å². The van der Waals surface area contributed by atoms with Crippen molar-refractivity contribution >= 4 is 0 Å². The van der Waals surface area contributed by atoms with Crippen LogP contribution < -0.4 is 0 Å². The smallest absolute Gasteiger partial charge is 0.226 e. The fraction of sp³-hybridized carbons (Fsp3) is 0.667. The molecule has 0 radical (unpaired) electrons. The standard InChI is InChI=1S/C6H10O2/c1-3-5-6(8-5)7-4-2/h4-6H,2-3H2,1H3. The van der Waals surface area contributed by atoms with E-state index in [0.717, 1.165) is 6.42 Å². The molecule has 2 atom stereocenters. The topological polar surface area (TPSA) is 21.8 Å². The summed E-state index contributed by atoms with van der Waals surface area (Å²) < 4.78 is 9.91. The molecule has 1 aliphatic rings. The molecule has 1 rings (SSSR count). The highest BCUT2D eigenvalue weighted by Crippen LogP contribution is 2.25. The number of epoxide rings is 1. The minimum atomic E-state index is 0.0116. The molecule has 1 heterocycles. The number of hydrogen-bond acceptors (Lipinski definition) is 2. The average Bonchev–Trinajstić information content (AvgIpc) is 2.48. The Balaban J connectivity index is 2.07. The van der Waals surface area contributed by atoms with E-state index in [-0.39, 0.29) is 6.29 Å². The second kappa shape index (κ2) is 2.18. The van der Waals surface area contributed by atoms with Crippen LogP contribution >= 0.6 is 0 Å². The first-order chi connectivity index (χ1) is 3.88. The van der Waals surface area contributed by atoms with Gasteiger partial charge in [0, 0.05) is 0 Å². The van der Waals surface area contributed by atoms with Gasteiger partial charge in [-0.2, -0.15) is 0 Å². The molecule has 0 amide bonds. The van der Waals surface area contributed by atoms with Crippen LogP contribution in [0.5, 0.6) is 0 Å². The molecule has 2 heteroatoms. The lowest BCUT2D eigenvalue weighted by atomic mass is 10.4. The van der Waals surface area contributed by atoms with Crippen LogP contribution in [-0.4, -0.2) is 12.4 Å². The van der Waals surface area contributed by atoms with Crippen LogP contribution in [0.4, 0.5) is 0 Å². The van der Waals surface area contributed by atoms with Crippen LogP contribution in [-0.2, 0) is 9.47 Å². The summed E-state index contributed by atoms with van der Waals surface area (Å²) in [6.07, 6.45) is 2.78. The van der Waals surface area contributed by atoms with Gasteiger partial charge in [0.15, 0.2) is 0 Å². The van der Waals surface area contributed by atoms with Gasteiger partial charge in [-0.25, -0.2) is 0 Å². The summed E-state index contributed by atoms with van der Waals surface area (Å²) in [5.41, 5.74) is 0. The van der Waals surface area contributed by atoms with Gasteiger partial charge in [-0.05, 0) is 6.42 Å². The third-order valence-electron chi connectivity index (χ3n) is 1.17. The Morgan fingerprint density at radius 2 is 2.62 bits per heavy atom. The van der Waals surface area contributed by atoms with E-state index < -0.39 is 0 Å². The maximum absolute atomic E-state index is 5.01. The van der Waals surface area contributed by atoms with Crippen LogP contribution in [0, 0.1) is 0 Å². The first-order valence-electron chi connectivity index (χ1n) is 2.80. The van der Waals surface area contributed by atoms with E-state index in [4.69, 9.17) is 9.47 Å². The van der Waals surface area contributed by atoms with Gasteiger partial charge in [0.25, 0.3) is 0 Å². The molecule has 0 aliphatic carbocycles. The number of hydrogen-bond donors (Lipinski definition) is 0. The fourth-order valence-corrected chi connectivity index (χ4v) is 0.630. The van der Waals surface area contributed by atoms with Crippen molar-refractivity contribution in [1.29, 1.82) is 0 Å². The molecule has 46 valence electrons. The van der Waals surface area contributed by atoms with Crippen molar-refractivity contribution in [2.45, 2.75) is 25.7 Å². The zero-order chi connectivity index (χ0) is 5.98. The zero-order valence-electron chi connectivity index (χ0n) is 4.96. The van der Waals surface area contributed by atoms with E-state index in [9.17, 15) is 0 Å². The summed E-state index contributed by atoms with van der Waals surface area (Å²) in [6, 6.07) is 0. The van der Waals surface area contributed by atoms with Gasteiger partial charge >= 0.3 is 0 Å². The highest BCUT2D eigenvalue weighted by molar-refractivity contribution is 4.76. The minimum absolute atomic E-state index is 0.0116. The van der Waals surface area contributed by atoms with Gasteiger partial charge in [-0.1, -0.05) is 13.5 Å². The van der Waals surface area contributed by atoms with Crippen molar-refractivity contribution in [1.82, 2.24) is 0 Å². The lowest BCUT2D eigenvalue weighted by Gasteiger charge is -1.87. The van der Waals surface area contributed by atoms with Crippen molar-refractivity contribution in [3.05, 3.63) is 12.8 Å². The molecule has 1 saturated heterocycles. The Labute approximate surface area is 49.1 Å². The van der Waals surface area contributed by atoms with Crippen LogP contribution in [0.15, 0.2) is 12.8 Å². The minimum Gasteiger partial charge on any atom is -0.470 e. The maximum atomic E-state index is 5.01. The van der Waals surface area contributed by atoms with E-state index >= 15 is 0 Å². The Bertz CT molecular complexity index is 90.5. The molecule has 0 aromatic rings. The van der Waals surface area contributed by atoms with E-state index in [0.29, 0.717) is 6.10 Å². The van der Waals surface area contributed by atoms with E-state index in [1.807, 2.05) is 0 Å². The molecule has 0 N–H and O–H groups in total. The van der Waals surface area contributed by atoms with Crippen molar-refractivity contribution in [2.75, 3.05) is 0 Å². The predicted molar refractivity (Wildman–Crippen MR) is 30.2 cm³/mol. The fourth-order valence-electron chi connectivity index (χ4n) is 0.630. The van der Waals surface area contributed by atoms with E-state index in [2.05, 4.69) is 13.5 Å². The second-order valence-electron chi connectivity index (χ2n) is 1.75. The summed E-state index contributed by atoms with van der Waals surface area (Å²) in [6.45, 7) is 5.47. The number of ether oxygens (including phenoxy) is 2. The molecule has 1 aliphatic heterocycles. The van der Waals surface area contributed by atoms with Crippen LogP contribution in [0.2, 0.25) is 0 Å². The van der Waals surface area contributed by atoms with Gasteiger partial charge in [-0.3, -0.25) is 0 Å². The quantitative estimate of drug-likeness (QED) is 0.407. The van der Waals surface area contributed by atoms with Gasteiger partial charge in [0.1, 0.15) is 6.10 Å². The first-order valence-corrected chi connectivity index (χ1v) is 2.80. The molecular weight excluding hydrogens is 104 g/mol. The maximum Gasteiger partial charge on any atom is 0.226 e. The molecule has 0 bridgehead atoms. The van der Waals surface area contributed by atoms with Gasteiger partial charge in [-0.15, -0.1) is 0 Å². The van der Waals surface area contributed by atoms with Crippen LogP contribution in [0.3, 0.4) is 0 Å². The Kier molecular flexibility index (Phi) is 1.53. The molecule has 1 fully saturated rings. The highest BCUT2D eigenvalue weighted by atomic mass is 16.8. The molecule has 0 aromatic carbocycles. The van der Waals surface area contributed by atoms with E-state index in [1.165, 1.54) is 6.26 Å². The molecule has 8 heavy (non-hydrogen) atoms. The van der Waals surface area contributed by atoms with Crippen LogP contribution in [0.25, 0.3) is 0 Å². The second-order valence-corrected chi connectivity index (χ2v) is 1.75. The Hall–Kier alpha value is -0.500. The molecule has 0 aromatic heterocycles. The third-order valence-corrected chi connectivity index (χ3v) is 1.17. The summed E-state index contributed by atoms with van der Waals surface area (Å²) in [5, 5.41) is 0. The van der Waals surface area contributed by atoms with Crippen molar-refractivity contribution < 1.29 is 9.47 Å². The molecule has 2 unspecified atom stereocenters. The normalized spacial score (nSPS) is 34.1. The summed E-state index contributed by atoms with van der Waals surface area (Å²) in [7, 11) is 0. The van der Waals surface area contributed by atoms with Gasteiger partial charge < -0.3 is 9.47 Å². The molecule has 0 saturated carbocycles. The first kappa shape index (κ1) is 5.63. The largest absolute Gasteiger partial charge is 0.470 e. The third kappa shape index (κ3) is 1.01. The molecule has 2 nitrogen and oxygen atoms in total. The highest BCUT2D eigenvalue weighted by Gasteiger charge is 2.38. The van der Waals surface area contributed by atoms with Gasteiger partial charge in [0.2, 0.25) is 6.29 Å². The van der Waals surface area contributed by atoms with Crippen molar-refractivity contribution in [2.24, 2.45) is 0 Å². The molecule has 0 spiro atoms. The lowest BCUT2D eigenvalue weighted by molar-refractivity contribution is 0.131. The van der Waals surface area contributed by atoms with Gasteiger partial charge in [0.05, 0.1) is 6.26 Å².